The molecule has 168 valence electrons. The number of ether oxygens (including phenoxy) is 3. The van der Waals surface area contributed by atoms with Gasteiger partial charge in [-0.15, -0.1) is 0 Å². The normalized spacial score (nSPS) is 15.0. The van der Waals surface area contributed by atoms with E-state index in [1.165, 1.54) is 0 Å². The molecule has 9 nitrogen and oxygen atoms in total. The van der Waals surface area contributed by atoms with Crippen LogP contribution in [0, 0.1) is 0 Å². The number of carboxylic acids is 2. The Labute approximate surface area is 177 Å². The van der Waals surface area contributed by atoms with E-state index in [0.717, 1.165) is 38.3 Å². The minimum atomic E-state index is -0.849. The van der Waals surface area contributed by atoms with Gasteiger partial charge in [-0.1, -0.05) is 6.07 Å². The summed E-state index contributed by atoms with van der Waals surface area (Å²) in [6.45, 7) is 5.29. The zero-order chi connectivity index (χ0) is 21.9. The molecular weight excluding hydrogens is 392 g/mol. The molecule has 0 amide bonds. The molecule has 1 aromatic rings. The Hall–Kier alpha value is -2.52. The SMILES string of the molecule is COc1ccc(CN2CCN(CCCC(=O)O)CC2)c(OCCCC(=O)O)c1OC. The van der Waals surface area contributed by atoms with Crippen LogP contribution in [0.3, 0.4) is 0 Å². The van der Waals surface area contributed by atoms with Crippen molar-refractivity contribution in [2.75, 3.05) is 53.6 Å². The van der Waals surface area contributed by atoms with E-state index in [9.17, 15) is 9.59 Å². The summed E-state index contributed by atoms with van der Waals surface area (Å²) in [4.78, 5) is 26.0. The number of rotatable bonds is 13. The van der Waals surface area contributed by atoms with Crippen molar-refractivity contribution in [3.63, 3.8) is 0 Å². The number of carboxylic acid groups (broad SMARTS) is 2. The van der Waals surface area contributed by atoms with Crippen molar-refractivity contribution in [2.45, 2.75) is 32.2 Å². The highest BCUT2D eigenvalue weighted by molar-refractivity contribution is 5.66. The number of piperazine rings is 1. The molecule has 0 unspecified atom stereocenters. The molecular formula is C21H32N2O7. The molecule has 1 fully saturated rings. The predicted octanol–water partition coefficient (Wildman–Crippen LogP) is 1.93. The maximum absolute atomic E-state index is 10.7. The first-order chi connectivity index (χ1) is 14.4. The van der Waals surface area contributed by atoms with Crippen molar-refractivity contribution in [1.82, 2.24) is 9.80 Å². The van der Waals surface area contributed by atoms with Gasteiger partial charge in [0.1, 0.15) is 0 Å². The monoisotopic (exact) mass is 424 g/mol. The van der Waals surface area contributed by atoms with Crippen LogP contribution < -0.4 is 14.2 Å². The van der Waals surface area contributed by atoms with Crippen molar-refractivity contribution in [2.24, 2.45) is 0 Å². The zero-order valence-corrected chi connectivity index (χ0v) is 17.8. The number of carbonyl (C=O) groups is 2. The summed E-state index contributed by atoms with van der Waals surface area (Å²) in [5, 5.41) is 17.6. The van der Waals surface area contributed by atoms with Gasteiger partial charge in [0.15, 0.2) is 11.5 Å². The first-order valence-electron chi connectivity index (χ1n) is 10.2. The highest BCUT2D eigenvalue weighted by atomic mass is 16.5. The van der Waals surface area contributed by atoms with Gasteiger partial charge in [-0.05, 0) is 25.5 Å². The molecule has 1 aromatic carbocycles. The molecule has 0 spiro atoms. The molecule has 0 aromatic heterocycles. The highest BCUT2D eigenvalue weighted by Crippen LogP contribution is 2.40. The second kappa shape index (κ2) is 12.2. The minimum absolute atomic E-state index is 0.0471. The predicted molar refractivity (Wildman–Crippen MR) is 110 cm³/mol. The third-order valence-electron chi connectivity index (χ3n) is 5.09. The third-order valence-corrected chi connectivity index (χ3v) is 5.09. The molecule has 1 heterocycles. The standard InChI is InChI=1S/C21H32N2O7/c1-28-17-8-7-16(20(21(17)29-2)30-14-4-6-19(26)27)15-23-12-10-22(11-13-23)9-3-5-18(24)25/h7-8H,3-6,9-15H2,1-2H3,(H,24,25)(H,26,27). The summed E-state index contributed by atoms with van der Waals surface area (Å²) in [5.41, 5.74) is 0.960. The van der Waals surface area contributed by atoms with Crippen LogP contribution in [0.1, 0.15) is 31.2 Å². The van der Waals surface area contributed by atoms with Gasteiger partial charge >= 0.3 is 11.9 Å². The number of hydrogen-bond donors (Lipinski definition) is 2. The van der Waals surface area contributed by atoms with Crippen molar-refractivity contribution < 1.29 is 34.0 Å². The van der Waals surface area contributed by atoms with E-state index < -0.39 is 11.9 Å². The number of nitrogens with zero attached hydrogens (tertiary/aromatic N) is 2. The Balaban J connectivity index is 1.98. The fourth-order valence-corrected chi connectivity index (χ4v) is 3.49. The van der Waals surface area contributed by atoms with E-state index in [-0.39, 0.29) is 19.4 Å². The Morgan fingerprint density at radius 3 is 2.13 bits per heavy atom. The van der Waals surface area contributed by atoms with E-state index in [0.29, 0.717) is 36.6 Å². The molecule has 0 saturated carbocycles. The third kappa shape index (κ3) is 7.38. The molecule has 1 aliphatic heterocycles. The summed E-state index contributed by atoms with van der Waals surface area (Å²) >= 11 is 0. The van der Waals surface area contributed by atoms with Gasteiger partial charge in [-0.25, -0.2) is 0 Å². The van der Waals surface area contributed by atoms with E-state index in [4.69, 9.17) is 24.4 Å². The Morgan fingerprint density at radius 2 is 1.53 bits per heavy atom. The van der Waals surface area contributed by atoms with Gasteiger partial charge in [0.05, 0.1) is 20.8 Å². The number of hydrogen-bond acceptors (Lipinski definition) is 7. The topological polar surface area (TPSA) is 109 Å². The molecule has 0 radical (unpaired) electrons. The van der Waals surface area contributed by atoms with Gasteiger partial charge in [0, 0.05) is 51.1 Å². The van der Waals surface area contributed by atoms with Gasteiger partial charge in [0.25, 0.3) is 0 Å². The zero-order valence-electron chi connectivity index (χ0n) is 17.8. The molecule has 0 atom stereocenters. The lowest BCUT2D eigenvalue weighted by Gasteiger charge is -2.35. The van der Waals surface area contributed by atoms with Crippen molar-refractivity contribution in [1.29, 1.82) is 0 Å². The maximum Gasteiger partial charge on any atom is 0.303 e. The van der Waals surface area contributed by atoms with Crippen LogP contribution in [0.4, 0.5) is 0 Å². The minimum Gasteiger partial charge on any atom is -0.493 e. The number of benzene rings is 1. The van der Waals surface area contributed by atoms with Crippen LogP contribution in [0.15, 0.2) is 12.1 Å². The molecule has 1 saturated heterocycles. The lowest BCUT2D eigenvalue weighted by molar-refractivity contribution is -0.138. The van der Waals surface area contributed by atoms with Gasteiger partial charge < -0.3 is 29.3 Å². The molecule has 0 bridgehead atoms. The largest absolute Gasteiger partial charge is 0.493 e. The molecule has 2 N–H and O–H groups in total. The molecule has 2 rings (SSSR count). The molecule has 1 aliphatic rings. The van der Waals surface area contributed by atoms with Gasteiger partial charge in [-0.3, -0.25) is 14.5 Å². The number of aliphatic carboxylic acids is 2. The maximum atomic E-state index is 10.7. The van der Waals surface area contributed by atoms with E-state index >= 15 is 0 Å². The highest BCUT2D eigenvalue weighted by Gasteiger charge is 2.21. The molecule has 0 aliphatic carbocycles. The molecule has 30 heavy (non-hydrogen) atoms. The summed E-state index contributed by atoms with van der Waals surface area (Å²) in [6.07, 6.45) is 1.32. The second-order valence-corrected chi connectivity index (χ2v) is 7.25. The quantitative estimate of drug-likeness (QED) is 0.459. The Morgan fingerprint density at radius 1 is 0.900 bits per heavy atom. The van der Waals surface area contributed by atoms with Gasteiger partial charge in [-0.2, -0.15) is 0 Å². The fraction of sp³-hybridized carbons (Fsp3) is 0.619. The summed E-state index contributed by atoms with van der Waals surface area (Å²) in [6, 6.07) is 3.80. The van der Waals surface area contributed by atoms with Crippen molar-refractivity contribution in [3.8, 4) is 17.2 Å². The van der Waals surface area contributed by atoms with Crippen LogP contribution in [0.5, 0.6) is 17.2 Å². The van der Waals surface area contributed by atoms with E-state index in [1.807, 2.05) is 12.1 Å². The van der Waals surface area contributed by atoms with Crippen LogP contribution in [-0.4, -0.2) is 85.5 Å². The van der Waals surface area contributed by atoms with E-state index in [1.54, 1.807) is 14.2 Å². The lowest BCUT2D eigenvalue weighted by Crippen LogP contribution is -2.46. The Bertz CT molecular complexity index is 703. The first-order valence-corrected chi connectivity index (χ1v) is 10.2. The first kappa shape index (κ1) is 23.8. The smallest absolute Gasteiger partial charge is 0.303 e. The van der Waals surface area contributed by atoms with Gasteiger partial charge in [0.2, 0.25) is 5.75 Å². The van der Waals surface area contributed by atoms with Crippen LogP contribution in [-0.2, 0) is 16.1 Å². The average molecular weight is 424 g/mol. The number of methoxy groups -OCH3 is 2. The lowest BCUT2D eigenvalue weighted by atomic mass is 10.1. The second-order valence-electron chi connectivity index (χ2n) is 7.25. The fourth-order valence-electron chi connectivity index (χ4n) is 3.49. The van der Waals surface area contributed by atoms with Crippen LogP contribution in [0.2, 0.25) is 0 Å². The van der Waals surface area contributed by atoms with Crippen molar-refractivity contribution in [3.05, 3.63) is 17.7 Å². The summed E-state index contributed by atoms with van der Waals surface area (Å²) in [7, 11) is 3.12. The van der Waals surface area contributed by atoms with Crippen LogP contribution in [0.25, 0.3) is 0 Å². The van der Waals surface area contributed by atoms with Crippen LogP contribution >= 0.6 is 0 Å². The molecule has 9 heteroatoms. The van der Waals surface area contributed by atoms with Crippen molar-refractivity contribution >= 4 is 11.9 Å². The summed E-state index contributed by atoms with van der Waals surface area (Å²) in [5.74, 6) is 0.0668. The summed E-state index contributed by atoms with van der Waals surface area (Å²) < 4.78 is 16.8. The van der Waals surface area contributed by atoms with E-state index in [2.05, 4.69) is 9.80 Å². The Kier molecular flexibility index (Phi) is 9.69. The average Bonchev–Trinajstić information content (AvgIpc) is 2.72.